The largest absolute Gasteiger partial charge is 0.494 e. The van der Waals surface area contributed by atoms with E-state index in [0.29, 0.717) is 12.2 Å². The van der Waals surface area contributed by atoms with Gasteiger partial charge in [-0.3, -0.25) is 4.79 Å². The second-order valence-electron chi connectivity index (χ2n) is 6.70. The van der Waals surface area contributed by atoms with Gasteiger partial charge in [-0.05, 0) is 59.8 Å². The highest BCUT2D eigenvalue weighted by atomic mass is 16.5. The van der Waals surface area contributed by atoms with E-state index in [1.807, 2.05) is 42.1 Å². The molecular weight excluding hydrogens is 340 g/mol. The first-order valence-electron chi connectivity index (χ1n) is 9.32. The average molecular weight is 366 g/mol. The van der Waals surface area contributed by atoms with Crippen LogP contribution >= 0.6 is 0 Å². The SMILES string of the molecule is CCCCOc1ccc(C(=O)NCC(O)c2ccc3c(ccn3C)c2)cc1. The van der Waals surface area contributed by atoms with Crippen LogP contribution < -0.4 is 10.1 Å². The maximum absolute atomic E-state index is 12.3. The Morgan fingerprint density at radius 1 is 1.19 bits per heavy atom. The summed E-state index contributed by atoms with van der Waals surface area (Å²) in [6.07, 6.45) is 3.32. The van der Waals surface area contributed by atoms with E-state index >= 15 is 0 Å². The molecule has 0 radical (unpaired) electrons. The van der Waals surface area contributed by atoms with Gasteiger partial charge in [0.2, 0.25) is 0 Å². The lowest BCUT2D eigenvalue weighted by atomic mass is 10.1. The summed E-state index contributed by atoms with van der Waals surface area (Å²) in [6.45, 7) is 2.95. The number of hydrogen-bond acceptors (Lipinski definition) is 3. The second-order valence-corrected chi connectivity index (χ2v) is 6.70. The highest BCUT2D eigenvalue weighted by molar-refractivity contribution is 5.94. The third kappa shape index (κ3) is 4.68. The first kappa shape index (κ1) is 19.0. The zero-order valence-corrected chi connectivity index (χ0v) is 15.8. The Kier molecular flexibility index (Phi) is 6.14. The summed E-state index contributed by atoms with van der Waals surface area (Å²) >= 11 is 0. The molecule has 0 aliphatic rings. The number of rotatable bonds is 8. The van der Waals surface area contributed by atoms with E-state index in [-0.39, 0.29) is 12.5 Å². The lowest BCUT2D eigenvalue weighted by Gasteiger charge is -2.13. The normalized spacial score (nSPS) is 12.1. The first-order valence-corrected chi connectivity index (χ1v) is 9.32. The summed E-state index contributed by atoms with van der Waals surface area (Å²) in [5.41, 5.74) is 2.44. The van der Waals surface area contributed by atoms with Crippen molar-refractivity contribution in [3.63, 3.8) is 0 Å². The van der Waals surface area contributed by atoms with Crippen LogP contribution in [0, 0.1) is 0 Å². The molecule has 0 saturated heterocycles. The lowest BCUT2D eigenvalue weighted by Crippen LogP contribution is -2.28. The van der Waals surface area contributed by atoms with Gasteiger partial charge in [-0.25, -0.2) is 0 Å². The highest BCUT2D eigenvalue weighted by Gasteiger charge is 2.12. The molecule has 2 aromatic carbocycles. The van der Waals surface area contributed by atoms with Crippen LogP contribution in [0.25, 0.3) is 10.9 Å². The van der Waals surface area contributed by atoms with Crippen molar-refractivity contribution in [2.45, 2.75) is 25.9 Å². The second kappa shape index (κ2) is 8.73. The summed E-state index contributed by atoms with van der Waals surface area (Å²) in [5.74, 6) is 0.547. The van der Waals surface area contributed by atoms with Crippen LogP contribution in [0.1, 0.15) is 41.8 Å². The molecule has 0 bridgehead atoms. The van der Waals surface area contributed by atoms with Gasteiger partial charge in [0.05, 0.1) is 12.7 Å². The van der Waals surface area contributed by atoms with Crippen LogP contribution in [0.5, 0.6) is 5.75 Å². The number of fused-ring (bicyclic) bond motifs is 1. The number of nitrogens with one attached hydrogen (secondary N) is 1. The number of nitrogens with zero attached hydrogens (tertiary/aromatic N) is 1. The minimum atomic E-state index is -0.754. The van der Waals surface area contributed by atoms with Crippen LogP contribution in [0.3, 0.4) is 0 Å². The van der Waals surface area contributed by atoms with Gasteiger partial charge in [0, 0.05) is 30.9 Å². The Hall–Kier alpha value is -2.79. The van der Waals surface area contributed by atoms with E-state index in [1.54, 1.807) is 24.3 Å². The number of benzene rings is 2. The molecule has 5 nitrogen and oxygen atoms in total. The minimum absolute atomic E-state index is 0.159. The van der Waals surface area contributed by atoms with Crippen molar-refractivity contribution >= 4 is 16.8 Å². The van der Waals surface area contributed by atoms with Gasteiger partial charge in [0.1, 0.15) is 5.75 Å². The predicted molar refractivity (Wildman–Crippen MR) is 107 cm³/mol. The average Bonchev–Trinajstić information content (AvgIpc) is 3.07. The number of aliphatic hydroxyl groups is 1. The lowest BCUT2D eigenvalue weighted by molar-refractivity contribution is 0.0916. The number of aliphatic hydroxyl groups excluding tert-OH is 1. The molecule has 142 valence electrons. The fraction of sp³-hybridized carbons (Fsp3) is 0.318. The molecule has 0 fully saturated rings. The molecule has 1 atom stereocenters. The molecule has 3 aromatic rings. The molecule has 5 heteroatoms. The van der Waals surface area contributed by atoms with Crippen molar-refractivity contribution < 1.29 is 14.6 Å². The first-order chi connectivity index (χ1) is 13.1. The number of hydrogen-bond donors (Lipinski definition) is 2. The Balaban J connectivity index is 1.55. The van der Waals surface area contributed by atoms with Gasteiger partial charge in [-0.1, -0.05) is 19.4 Å². The van der Waals surface area contributed by atoms with Crippen molar-refractivity contribution in [1.29, 1.82) is 0 Å². The number of carbonyl (C=O) groups is 1. The van der Waals surface area contributed by atoms with E-state index in [0.717, 1.165) is 35.1 Å². The molecule has 1 amide bonds. The summed E-state index contributed by atoms with van der Waals surface area (Å²) in [7, 11) is 1.98. The number of amides is 1. The minimum Gasteiger partial charge on any atom is -0.494 e. The van der Waals surface area contributed by atoms with Crippen LogP contribution in [-0.4, -0.2) is 28.7 Å². The number of aryl methyl sites for hydroxylation is 1. The van der Waals surface area contributed by atoms with E-state index in [9.17, 15) is 9.90 Å². The maximum atomic E-state index is 12.3. The van der Waals surface area contributed by atoms with Gasteiger partial charge < -0.3 is 19.7 Å². The number of ether oxygens (including phenoxy) is 1. The topological polar surface area (TPSA) is 63.5 Å². The van der Waals surface area contributed by atoms with Crippen molar-refractivity contribution in [2.75, 3.05) is 13.2 Å². The molecular formula is C22H26N2O3. The third-order valence-electron chi connectivity index (χ3n) is 4.63. The Labute approximate surface area is 159 Å². The Morgan fingerprint density at radius 3 is 2.70 bits per heavy atom. The summed E-state index contributed by atoms with van der Waals surface area (Å²) in [4.78, 5) is 12.3. The third-order valence-corrected chi connectivity index (χ3v) is 4.63. The zero-order chi connectivity index (χ0) is 19.2. The van der Waals surface area contributed by atoms with Crippen LogP contribution in [-0.2, 0) is 7.05 Å². The Bertz CT molecular complexity index is 900. The van der Waals surface area contributed by atoms with Gasteiger partial charge in [0.15, 0.2) is 0 Å². The number of unbranched alkanes of at least 4 members (excludes halogenated alkanes) is 1. The predicted octanol–water partition coefficient (Wildman–Crippen LogP) is 3.82. The van der Waals surface area contributed by atoms with Crippen molar-refractivity contribution in [3.05, 3.63) is 65.9 Å². The monoisotopic (exact) mass is 366 g/mol. The molecule has 1 heterocycles. The van der Waals surface area contributed by atoms with Crippen molar-refractivity contribution in [3.8, 4) is 5.75 Å². The fourth-order valence-electron chi connectivity index (χ4n) is 2.95. The smallest absolute Gasteiger partial charge is 0.251 e. The number of aromatic nitrogens is 1. The number of carbonyl (C=O) groups excluding carboxylic acids is 1. The van der Waals surface area contributed by atoms with Crippen LogP contribution in [0.2, 0.25) is 0 Å². The molecule has 3 rings (SSSR count). The standard InChI is InChI=1S/C22H26N2O3/c1-3-4-13-27-19-8-5-16(6-9-19)22(26)23-15-21(25)18-7-10-20-17(14-18)11-12-24(20)2/h5-12,14,21,25H,3-4,13,15H2,1-2H3,(H,23,26). The van der Waals surface area contributed by atoms with Crippen LogP contribution in [0.15, 0.2) is 54.7 Å². The maximum Gasteiger partial charge on any atom is 0.251 e. The molecule has 2 N–H and O–H groups in total. The molecule has 0 aliphatic heterocycles. The molecule has 0 saturated carbocycles. The van der Waals surface area contributed by atoms with Gasteiger partial charge in [0.25, 0.3) is 5.91 Å². The van der Waals surface area contributed by atoms with E-state index < -0.39 is 6.10 Å². The summed E-state index contributed by atoms with van der Waals surface area (Å²) in [6, 6.07) is 14.9. The van der Waals surface area contributed by atoms with Crippen molar-refractivity contribution in [2.24, 2.45) is 7.05 Å². The highest BCUT2D eigenvalue weighted by Crippen LogP contribution is 2.21. The van der Waals surface area contributed by atoms with E-state index in [1.165, 1.54) is 0 Å². The van der Waals surface area contributed by atoms with E-state index in [2.05, 4.69) is 12.2 Å². The molecule has 1 unspecified atom stereocenters. The summed E-state index contributed by atoms with van der Waals surface area (Å²) < 4.78 is 7.63. The van der Waals surface area contributed by atoms with Gasteiger partial charge in [-0.15, -0.1) is 0 Å². The fourth-order valence-corrected chi connectivity index (χ4v) is 2.95. The molecule has 0 aliphatic carbocycles. The summed E-state index contributed by atoms with van der Waals surface area (Å²) in [5, 5.41) is 14.3. The quantitative estimate of drug-likeness (QED) is 0.596. The molecule has 1 aromatic heterocycles. The van der Waals surface area contributed by atoms with Gasteiger partial charge >= 0.3 is 0 Å². The van der Waals surface area contributed by atoms with Crippen molar-refractivity contribution in [1.82, 2.24) is 9.88 Å². The zero-order valence-electron chi connectivity index (χ0n) is 15.8. The molecule has 0 spiro atoms. The van der Waals surface area contributed by atoms with E-state index in [4.69, 9.17) is 4.74 Å². The Morgan fingerprint density at radius 2 is 1.96 bits per heavy atom. The van der Waals surface area contributed by atoms with Gasteiger partial charge in [-0.2, -0.15) is 0 Å². The van der Waals surface area contributed by atoms with Crippen LogP contribution in [0.4, 0.5) is 0 Å². The molecule has 27 heavy (non-hydrogen) atoms.